The van der Waals surface area contributed by atoms with Crippen LogP contribution in [0.5, 0.6) is 5.75 Å². The molecule has 1 aliphatic rings. The lowest BCUT2D eigenvalue weighted by Crippen LogP contribution is -2.22. The van der Waals surface area contributed by atoms with Crippen molar-refractivity contribution in [3.05, 3.63) is 46.9 Å². The maximum Gasteiger partial charge on any atom is 0.341 e. The van der Waals surface area contributed by atoms with Gasteiger partial charge in [-0.05, 0) is 22.9 Å². The van der Waals surface area contributed by atoms with E-state index in [1.807, 2.05) is 30.3 Å². The molecule has 122 valence electrons. The third-order valence-electron chi connectivity index (χ3n) is 3.54. The molecule has 0 spiro atoms. The molecule has 5 nitrogen and oxygen atoms in total. The molecule has 0 unspecified atom stereocenters. The predicted octanol–water partition coefficient (Wildman–Crippen LogP) is 3.13. The predicted molar refractivity (Wildman–Crippen MR) is 98.0 cm³/mol. The van der Waals surface area contributed by atoms with E-state index < -0.39 is 12.6 Å². The van der Waals surface area contributed by atoms with Gasteiger partial charge in [-0.1, -0.05) is 54.3 Å². The fraction of sp³-hybridized carbons (Fsp3) is 0.118. The van der Waals surface area contributed by atoms with Gasteiger partial charge in [-0.25, -0.2) is 4.79 Å². The maximum absolute atomic E-state index is 12.2. The molecule has 1 amide bonds. The molecule has 1 saturated heterocycles. The van der Waals surface area contributed by atoms with Crippen molar-refractivity contribution < 1.29 is 19.4 Å². The third kappa shape index (κ3) is 3.13. The zero-order chi connectivity index (χ0) is 17.3. The van der Waals surface area contributed by atoms with E-state index in [-0.39, 0.29) is 5.91 Å². The van der Waals surface area contributed by atoms with Crippen LogP contribution in [0.15, 0.2) is 41.3 Å². The molecule has 0 atom stereocenters. The van der Waals surface area contributed by atoms with E-state index in [0.29, 0.717) is 20.5 Å². The number of hydrogen-bond acceptors (Lipinski definition) is 5. The van der Waals surface area contributed by atoms with Crippen LogP contribution in [0, 0.1) is 0 Å². The second-order valence-corrected chi connectivity index (χ2v) is 6.80. The SMILES string of the molecule is CN1C(=O)/C(=C\c2c(OCC(=O)O)ccc3ccccc23)SC1=S. The van der Waals surface area contributed by atoms with Crippen molar-refractivity contribution in [2.45, 2.75) is 0 Å². The van der Waals surface area contributed by atoms with Gasteiger partial charge in [0.2, 0.25) is 0 Å². The van der Waals surface area contributed by atoms with Crippen LogP contribution < -0.4 is 4.74 Å². The standard InChI is InChI=1S/C17H13NO4S2/c1-18-16(21)14(24-17(18)23)8-12-11-5-3-2-4-10(11)6-7-13(12)22-9-15(19)20/h2-8H,9H2,1H3,(H,19,20)/b14-8+. The number of hydrogen-bond donors (Lipinski definition) is 1. The van der Waals surface area contributed by atoms with E-state index in [1.54, 1.807) is 19.2 Å². The number of thioether (sulfide) groups is 1. The summed E-state index contributed by atoms with van der Waals surface area (Å²) in [5, 5.41) is 10.7. The number of aliphatic carboxylic acids is 1. The van der Waals surface area contributed by atoms with Crippen molar-refractivity contribution in [3.8, 4) is 5.75 Å². The van der Waals surface area contributed by atoms with Crippen molar-refractivity contribution in [3.63, 3.8) is 0 Å². The van der Waals surface area contributed by atoms with Crippen LogP contribution in [0.3, 0.4) is 0 Å². The van der Waals surface area contributed by atoms with Crippen LogP contribution in [0.4, 0.5) is 0 Å². The van der Waals surface area contributed by atoms with Crippen LogP contribution in [-0.4, -0.2) is 39.9 Å². The zero-order valence-electron chi connectivity index (χ0n) is 12.7. The van der Waals surface area contributed by atoms with Gasteiger partial charge in [-0.15, -0.1) is 0 Å². The third-order valence-corrected chi connectivity index (χ3v) is 5.03. The molecule has 1 fully saturated rings. The molecular formula is C17H13NO4S2. The number of nitrogens with zero attached hydrogens (tertiary/aromatic N) is 1. The minimum absolute atomic E-state index is 0.179. The monoisotopic (exact) mass is 359 g/mol. The van der Waals surface area contributed by atoms with Crippen molar-refractivity contribution in [1.29, 1.82) is 0 Å². The van der Waals surface area contributed by atoms with Crippen LogP contribution in [0.2, 0.25) is 0 Å². The second-order valence-electron chi connectivity index (χ2n) is 5.12. The highest BCUT2D eigenvalue weighted by atomic mass is 32.2. The van der Waals surface area contributed by atoms with Crippen molar-refractivity contribution in [2.24, 2.45) is 0 Å². The number of carboxylic acid groups (broad SMARTS) is 1. The lowest BCUT2D eigenvalue weighted by Gasteiger charge is -2.11. The molecule has 2 aromatic carbocycles. The van der Waals surface area contributed by atoms with Crippen LogP contribution in [0.1, 0.15) is 5.56 Å². The first kappa shape index (κ1) is 16.5. The highest BCUT2D eigenvalue weighted by Gasteiger charge is 2.29. The molecule has 0 aromatic heterocycles. The summed E-state index contributed by atoms with van der Waals surface area (Å²) in [7, 11) is 1.63. The van der Waals surface area contributed by atoms with Crippen LogP contribution >= 0.6 is 24.0 Å². The summed E-state index contributed by atoms with van der Waals surface area (Å²) in [4.78, 5) is 25.0. The number of rotatable bonds is 4. The molecule has 7 heteroatoms. The summed E-state index contributed by atoms with van der Waals surface area (Å²) >= 11 is 6.36. The number of carboxylic acids is 1. The van der Waals surface area contributed by atoms with Gasteiger partial charge in [0.05, 0.1) is 4.91 Å². The second kappa shape index (κ2) is 6.62. The fourth-order valence-electron chi connectivity index (χ4n) is 2.37. The van der Waals surface area contributed by atoms with Gasteiger partial charge in [0.25, 0.3) is 5.91 Å². The molecule has 1 heterocycles. The van der Waals surface area contributed by atoms with Gasteiger partial charge >= 0.3 is 5.97 Å². The minimum atomic E-state index is -1.06. The number of benzene rings is 2. The number of carbonyl (C=O) groups is 2. The molecule has 0 bridgehead atoms. The van der Waals surface area contributed by atoms with Gasteiger partial charge in [0, 0.05) is 12.6 Å². The van der Waals surface area contributed by atoms with E-state index in [4.69, 9.17) is 22.1 Å². The number of likely N-dealkylation sites (N-methyl/N-ethyl adjacent to an activating group) is 1. The van der Waals surface area contributed by atoms with Gasteiger partial charge in [0.1, 0.15) is 10.1 Å². The highest BCUT2D eigenvalue weighted by molar-refractivity contribution is 8.26. The Kier molecular flexibility index (Phi) is 4.55. The lowest BCUT2D eigenvalue weighted by atomic mass is 10.0. The van der Waals surface area contributed by atoms with Crippen LogP contribution in [0.25, 0.3) is 16.8 Å². The summed E-state index contributed by atoms with van der Waals surface area (Å²) in [5.41, 5.74) is 0.670. The first-order valence-electron chi connectivity index (χ1n) is 7.05. The van der Waals surface area contributed by atoms with E-state index in [0.717, 1.165) is 10.8 Å². The zero-order valence-corrected chi connectivity index (χ0v) is 14.3. The smallest absolute Gasteiger partial charge is 0.341 e. The van der Waals surface area contributed by atoms with Gasteiger partial charge in [-0.3, -0.25) is 9.69 Å². The Bertz CT molecular complexity index is 891. The Morgan fingerprint density at radius 2 is 2.08 bits per heavy atom. The summed E-state index contributed by atoms with van der Waals surface area (Å²) in [6, 6.07) is 11.2. The topological polar surface area (TPSA) is 66.8 Å². The molecule has 1 N–H and O–H groups in total. The van der Waals surface area contributed by atoms with Crippen molar-refractivity contribution in [2.75, 3.05) is 13.7 Å². The number of fused-ring (bicyclic) bond motifs is 1. The van der Waals surface area contributed by atoms with Gasteiger partial charge in [-0.2, -0.15) is 0 Å². The van der Waals surface area contributed by atoms with Crippen LogP contribution in [-0.2, 0) is 9.59 Å². The highest BCUT2D eigenvalue weighted by Crippen LogP contribution is 2.36. The summed E-state index contributed by atoms with van der Waals surface area (Å²) in [6.45, 7) is -0.450. The van der Waals surface area contributed by atoms with E-state index in [9.17, 15) is 9.59 Å². The van der Waals surface area contributed by atoms with E-state index in [2.05, 4.69) is 0 Å². The summed E-state index contributed by atoms with van der Waals surface area (Å²) in [5.74, 6) is -0.825. The molecule has 24 heavy (non-hydrogen) atoms. The number of thiocarbonyl (C=S) groups is 1. The Morgan fingerprint density at radius 1 is 1.33 bits per heavy atom. The van der Waals surface area contributed by atoms with Crippen molar-refractivity contribution in [1.82, 2.24) is 4.90 Å². The molecule has 0 radical (unpaired) electrons. The largest absolute Gasteiger partial charge is 0.481 e. The lowest BCUT2D eigenvalue weighted by molar-refractivity contribution is -0.139. The maximum atomic E-state index is 12.2. The van der Waals surface area contributed by atoms with Gasteiger partial charge < -0.3 is 9.84 Å². The Hall–Kier alpha value is -2.38. The van der Waals surface area contributed by atoms with E-state index >= 15 is 0 Å². The Morgan fingerprint density at radius 3 is 2.75 bits per heavy atom. The molecular weight excluding hydrogens is 346 g/mol. The average Bonchev–Trinajstić information content (AvgIpc) is 2.81. The minimum Gasteiger partial charge on any atom is -0.481 e. The molecule has 1 aliphatic heterocycles. The molecule has 2 aromatic rings. The quantitative estimate of drug-likeness (QED) is 0.668. The molecule has 0 aliphatic carbocycles. The number of ether oxygens (including phenoxy) is 1. The average molecular weight is 359 g/mol. The molecule has 0 saturated carbocycles. The molecule has 3 rings (SSSR count). The Labute approximate surface area is 147 Å². The number of amides is 1. The summed E-state index contributed by atoms with van der Waals surface area (Å²) < 4.78 is 5.88. The van der Waals surface area contributed by atoms with Crippen molar-refractivity contribution >= 4 is 57.0 Å². The Balaban J connectivity index is 2.13. The first-order chi connectivity index (χ1) is 11.5. The first-order valence-corrected chi connectivity index (χ1v) is 8.28. The number of carbonyl (C=O) groups excluding carboxylic acids is 1. The normalized spacial score (nSPS) is 16.2. The van der Waals surface area contributed by atoms with E-state index in [1.165, 1.54) is 16.7 Å². The van der Waals surface area contributed by atoms with Gasteiger partial charge in [0.15, 0.2) is 6.61 Å². The fourth-order valence-corrected chi connectivity index (χ4v) is 3.53. The summed E-state index contributed by atoms with van der Waals surface area (Å²) in [6.07, 6.45) is 1.71.